The number of fused-ring (bicyclic) bond motifs is 12. The third-order valence-electron chi connectivity index (χ3n) is 8.25. The molecule has 0 radical (unpaired) electrons. The van der Waals surface area contributed by atoms with E-state index < -0.39 is 0 Å². The molecule has 0 fully saturated rings. The normalized spacial score (nSPS) is 12.2. The Kier molecular flexibility index (Phi) is 3.82. The minimum absolute atomic E-state index is 1.18. The van der Waals surface area contributed by atoms with Crippen LogP contribution in [0, 0.1) is 0 Å². The first kappa shape index (κ1) is 20.0. The molecule has 176 valence electrons. The van der Waals surface area contributed by atoms with Crippen LogP contribution in [0.25, 0.3) is 77.2 Å². The fraction of sp³-hybridized carbons (Fsp3) is 0. The van der Waals surface area contributed by atoms with Crippen molar-refractivity contribution in [2.75, 3.05) is 0 Å². The summed E-state index contributed by atoms with van der Waals surface area (Å²) in [5.41, 5.74) is 12.5. The molecule has 0 saturated carbocycles. The van der Waals surface area contributed by atoms with Gasteiger partial charge in [0.15, 0.2) is 0 Å². The van der Waals surface area contributed by atoms with E-state index >= 15 is 0 Å². The van der Waals surface area contributed by atoms with E-state index in [-0.39, 0.29) is 0 Å². The smallest absolute Gasteiger partial charge is 0.0626 e. The van der Waals surface area contributed by atoms with E-state index in [1.54, 1.807) is 0 Å². The third kappa shape index (κ3) is 2.42. The molecule has 9 rings (SSSR count). The summed E-state index contributed by atoms with van der Waals surface area (Å²) >= 11 is 0. The van der Waals surface area contributed by atoms with Crippen LogP contribution < -0.4 is 0 Å². The second-order valence-electron chi connectivity index (χ2n) is 10.1. The number of para-hydroxylation sites is 5. The third-order valence-corrected chi connectivity index (χ3v) is 8.25. The summed E-state index contributed by atoms with van der Waals surface area (Å²) in [7, 11) is 0. The van der Waals surface area contributed by atoms with Crippen LogP contribution in [0.4, 0.5) is 0 Å². The van der Waals surface area contributed by atoms with Crippen LogP contribution in [0.1, 0.15) is 0 Å². The van der Waals surface area contributed by atoms with Crippen molar-refractivity contribution in [3.05, 3.63) is 133 Å². The molecule has 3 heterocycles. The summed E-state index contributed by atoms with van der Waals surface area (Å²) in [5.74, 6) is 0. The van der Waals surface area contributed by atoms with Crippen LogP contribution in [0.15, 0.2) is 133 Å². The van der Waals surface area contributed by atoms with Gasteiger partial charge in [-0.2, -0.15) is 0 Å². The second kappa shape index (κ2) is 7.24. The number of hydrogen-bond acceptors (Lipinski definition) is 0. The highest BCUT2D eigenvalue weighted by Gasteiger charge is 2.27. The summed E-state index contributed by atoms with van der Waals surface area (Å²) in [6, 6.07) is 48.7. The number of rotatable bonds is 1. The topological polar surface area (TPSA) is 9.86 Å². The summed E-state index contributed by atoms with van der Waals surface area (Å²) in [6.45, 7) is 0. The van der Waals surface area contributed by atoms with Crippen molar-refractivity contribution in [3.63, 3.8) is 0 Å². The van der Waals surface area contributed by atoms with Crippen molar-refractivity contribution in [2.24, 2.45) is 0 Å². The minimum Gasteiger partial charge on any atom is -0.309 e. The fourth-order valence-corrected chi connectivity index (χ4v) is 6.77. The van der Waals surface area contributed by atoms with Gasteiger partial charge in [0, 0.05) is 43.9 Å². The van der Waals surface area contributed by atoms with Gasteiger partial charge in [-0.1, -0.05) is 103 Å². The number of hydrogen-bond donors (Lipinski definition) is 0. The molecule has 2 nitrogen and oxygen atoms in total. The van der Waals surface area contributed by atoms with Gasteiger partial charge in [0.1, 0.15) is 0 Å². The lowest BCUT2D eigenvalue weighted by Crippen LogP contribution is -1.98. The van der Waals surface area contributed by atoms with E-state index in [1.165, 1.54) is 77.2 Å². The Morgan fingerprint density at radius 2 is 0.947 bits per heavy atom. The highest BCUT2D eigenvalue weighted by molar-refractivity contribution is 6.21. The van der Waals surface area contributed by atoms with Crippen molar-refractivity contribution in [3.8, 4) is 33.6 Å². The van der Waals surface area contributed by atoms with Gasteiger partial charge in [0.05, 0.1) is 27.8 Å². The highest BCUT2D eigenvalue weighted by atomic mass is 15.0. The minimum atomic E-state index is 1.18. The molecule has 0 N–H and O–H groups in total. The van der Waals surface area contributed by atoms with Gasteiger partial charge in [-0.05, 0) is 35.9 Å². The van der Waals surface area contributed by atoms with Crippen LogP contribution in [-0.2, 0) is 0 Å². The molecule has 0 amide bonds. The summed E-state index contributed by atoms with van der Waals surface area (Å²) in [6.07, 6.45) is 0. The lowest BCUT2D eigenvalue weighted by atomic mass is 9.91. The summed E-state index contributed by atoms with van der Waals surface area (Å²) in [4.78, 5) is 0. The van der Waals surface area contributed by atoms with Crippen molar-refractivity contribution in [2.45, 2.75) is 0 Å². The predicted octanol–water partition coefficient (Wildman–Crippen LogP) is 9.53. The van der Waals surface area contributed by atoms with Crippen molar-refractivity contribution in [1.29, 1.82) is 0 Å². The Bertz CT molecular complexity index is 2230. The van der Waals surface area contributed by atoms with Gasteiger partial charge in [-0.3, -0.25) is 0 Å². The Morgan fingerprint density at radius 1 is 0.342 bits per heavy atom. The van der Waals surface area contributed by atoms with Gasteiger partial charge in [0.2, 0.25) is 0 Å². The molecule has 0 bridgehead atoms. The maximum atomic E-state index is 2.48. The average molecular weight is 483 g/mol. The molecule has 2 heteroatoms. The van der Waals surface area contributed by atoms with Gasteiger partial charge >= 0.3 is 0 Å². The lowest BCUT2D eigenvalue weighted by Gasteiger charge is -2.16. The fourth-order valence-electron chi connectivity index (χ4n) is 6.77. The van der Waals surface area contributed by atoms with E-state index in [0.29, 0.717) is 0 Å². The van der Waals surface area contributed by atoms with Crippen molar-refractivity contribution < 1.29 is 0 Å². The molecule has 8 aromatic rings. The lowest BCUT2D eigenvalue weighted by molar-refractivity contribution is 1.17. The molecule has 0 saturated heterocycles. The van der Waals surface area contributed by atoms with Crippen LogP contribution in [0.2, 0.25) is 0 Å². The van der Waals surface area contributed by atoms with Gasteiger partial charge < -0.3 is 9.13 Å². The Labute approximate surface area is 219 Å². The van der Waals surface area contributed by atoms with Crippen LogP contribution in [0.5, 0.6) is 0 Å². The molecule has 0 aliphatic carbocycles. The zero-order chi connectivity index (χ0) is 24.8. The quantitative estimate of drug-likeness (QED) is 0.220. The molecule has 38 heavy (non-hydrogen) atoms. The summed E-state index contributed by atoms with van der Waals surface area (Å²) in [5, 5.41) is 5.15. The zero-order valence-electron chi connectivity index (χ0n) is 20.6. The maximum Gasteiger partial charge on any atom is 0.0626 e. The van der Waals surface area contributed by atoms with Gasteiger partial charge in [-0.25, -0.2) is 0 Å². The number of benzene rings is 6. The maximum absolute atomic E-state index is 2.48. The Hall–Kier alpha value is -5.08. The van der Waals surface area contributed by atoms with Crippen LogP contribution >= 0.6 is 0 Å². The number of nitrogens with zero attached hydrogens (tertiary/aromatic N) is 2. The van der Waals surface area contributed by atoms with E-state index in [1.807, 2.05) is 0 Å². The summed E-state index contributed by atoms with van der Waals surface area (Å²) < 4.78 is 4.94. The molecule has 1 aliphatic heterocycles. The van der Waals surface area contributed by atoms with E-state index in [4.69, 9.17) is 0 Å². The Balaban J connectivity index is 1.57. The van der Waals surface area contributed by atoms with E-state index in [9.17, 15) is 0 Å². The standard InChI is InChI=1S/C36H22N2/c1-2-11-23(12-3-1)37-31-18-7-4-14-25(31)29-22-21-26-28-17-10-16-27-24-13-5-8-19-32(24)38(35(27)28)33-20-9-6-15-30(33)34(26)36(29)37/h1-22H. The van der Waals surface area contributed by atoms with Crippen LogP contribution in [-0.4, -0.2) is 9.13 Å². The van der Waals surface area contributed by atoms with E-state index in [2.05, 4.69) is 143 Å². The predicted molar refractivity (Wildman–Crippen MR) is 160 cm³/mol. The molecule has 6 aromatic carbocycles. The van der Waals surface area contributed by atoms with Crippen molar-refractivity contribution in [1.82, 2.24) is 9.13 Å². The first-order chi connectivity index (χ1) is 18.9. The number of aromatic nitrogens is 2. The molecular weight excluding hydrogens is 460 g/mol. The first-order valence-electron chi connectivity index (χ1n) is 13.1. The molecule has 0 unspecified atom stereocenters. The van der Waals surface area contributed by atoms with Gasteiger partial charge in [0.25, 0.3) is 0 Å². The molecule has 1 aliphatic rings. The molecule has 2 aromatic heterocycles. The second-order valence-corrected chi connectivity index (χ2v) is 10.1. The molecule has 0 spiro atoms. The molecular formula is C36H22N2. The first-order valence-corrected chi connectivity index (χ1v) is 13.1. The largest absolute Gasteiger partial charge is 0.309 e. The molecule has 0 atom stereocenters. The zero-order valence-corrected chi connectivity index (χ0v) is 20.6. The monoisotopic (exact) mass is 482 g/mol. The highest BCUT2D eigenvalue weighted by Crippen LogP contribution is 2.50. The van der Waals surface area contributed by atoms with E-state index in [0.717, 1.165) is 0 Å². The SMILES string of the molecule is c1ccc(-n2c3ccccc3c3ccc4c(c32)-c2ccccc2-n2c3ccccc3c3cccc-4c32)cc1. The van der Waals surface area contributed by atoms with Gasteiger partial charge in [-0.15, -0.1) is 0 Å². The van der Waals surface area contributed by atoms with Crippen LogP contribution in [0.3, 0.4) is 0 Å². The Morgan fingerprint density at radius 3 is 1.76 bits per heavy atom. The van der Waals surface area contributed by atoms with Crippen molar-refractivity contribution >= 4 is 43.6 Å². The average Bonchev–Trinajstić information content (AvgIpc) is 3.46.